The molecule has 2 rings (SSSR count). The van der Waals surface area contributed by atoms with Crippen molar-refractivity contribution in [1.29, 1.82) is 0 Å². The number of benzene rings is 1. The molecule has 204 valence electrons. The molecule has 1 aromatic carbocycles. The molecule has 1 fully saturated rings. The van der Waals surface area contributed by atoms with Gasteiger partial charge in [-0.1, -0.05) is 70.4 Å². The van der Waals surface area contributed by atoms with Crippen LogP contribution in [0.15, 0.2) is 24.3 Å². The van der Waals surface area contributed by atoms with Crippen molar-refractivity contribution in [2.24, 2.45) is 0 Å². The Kier molecular flexibility index (Phi) is 13.0. The van der Waals surface area contributed by atoms with Gasteiger partial charge in [0.25, 0.3) is 6.47 Å². The fourth-order valence-electron chi connectivity index (χ4n) is 4.64. The molecule has 1 aliphatic rings. The minimum atomic E-state index is -4.54. The Morgan fingerprint density at radius 1 is 1.06 bits per heavy atom. The van der Waals surface area contributed by atoms with Gasteiger partial charge in [-0.2, -0.15) is 13.2 Å². The zero-order chi connectivity index (χ0) is 26.4. The van der Waals surface area contributed by atoms with E-state index in [9.17, 15) is 22.8 Å². The van der Waals surface area contributed by atoms with E-state index < -0.39 is 30.4 Å². The van der Waals surface area contributed by atoms with Gasteiger partial charge in [-0.05, 0) is 24.1 Å². The summed E-state index contributed by atoms with van der Waals surface area (Å²) in [6.45, 7) is 2.94. The average Bonchev–Trinajstić information content (AvgIpc) is 3.22. The van der Waals surface area contributed by atoms with Gasteiger partial charge < -0.3 is 20.1 Å². The molecular formula is C26H40F3N3O4. The van der Waals surface area contributed by atoms with Crippen molar-refractivity contribution < 1.29 is 32.2 Å². The molecule has 0 aliphatic carbocycles. The molecule has 10 heteroatoms. The van der Waals surface area contributed by atoms with Crippen molar-refractivity contribution in [2.45, 2.75) is 89.1 Å². The Hall–Kier alpha value is -2.33. The van der Waals surface area contributed by atoms with Gasteiger partial charge in [0.15, 0.2) is 0 Å². The van der Waals surface area contributed by atoms with Gasteiger partial charge in [-0.15, -0.1) is 0 Å². The van der Waals surface area contributed by atoms with Crippen LogP contribution in [-0.2, 0) is 9.53 Å². The van der Waals surface area contributed by atoms with Gasteiger partial charge in [0.05, 0.1) is 12.1 Å². The lowest BCUT2D eigenvalue weighted by molar-refractivity contribution is -0.184. The Balaban J connectivity index is 1.82. The molecule has 1 heterocycles. The maximum Gasteiger partial charge on any atom is 0.408 e. The lowest BCUT2D eigenvalue weighted by Crippen LogP contribution is -2.48. The molecule has 0 spiro atoms. The van der Waals surface area contributed by atoms with Crippen LogP contribution in [0.3, 0.4) is 0 Å². The molecule has 1 aromatic rings. The highest BCUT2D eigenvalue weighted by atomic mass is 19.4. The summed E-state index contributed by atoms with van der Waals surface area (Å²) in [7, 11) is 1.43. The number of rotatable bonds is 16. The minimum absolute atomic E-state index is 0.0104. The summed E-state index contributed by atoms with van der Waals surface area (Å²) in [5.74, 6) is 0.161. The summed E-state index contributed by atoms with van der Waals surface area (Å²) >= 11 is 0. The predicted octanol–water partition coefficient (Wildman–Crippen LogP) is 5.35. The zero-order valence-electron chi connectivity index (χ0n) is 21.3. The first-order valence-electron chi connectivity index (χ1n) is 12.9. The van der Waals surface area contributed by atoms with Crippen molar-refractivity contribution in [1.82, 2.24) is 15.5 Å². The van der Waals surface area contributed by atoms with Crippen molar-refractivity contribution in [3.63, 3.8) is 0 Å². The SMILES string of the molecule is CCCCCCCCCCCNC(=O)N[C@H]1CN([C@H](c2ccc(OC=O)cc2)C(F)(F)F)C[C@@H]1OC. The molecule has 2 N–H and O–H groups in total. The molecule has 0 bridgehead atoms. The smallest absolute Gasteiger partial charge is 0.408 e. The average molecular weight is 516 g/mol. The fourth-order valence-corrected chi connectivity index (χ4v) is 4.64. The number of ether oxygens (including phenoxy) is 2. The maximum absolute atomic E-state index is 14.0. The third kappa shape index (κ3) is 9.97. The van der Waals surface area contributed by atoms with Gasteiger partial charge in [0, 0.05) is 26.7 Å². The number of methoxy groups -OCH3 is 1. The second-order valence-electron chi connectivity index (χ2n) is 9.29. The Bertz CT molecular complexity index is 777. The van der Waals surface area contributed by atoms with E-state index in [1.165, 1.54) is 74.8 Å². The molecule has 0 aromatic heterocycles. The number of hydrogen-bond donors (Lipinski definition) is 2. The number of nitrogens with one attached hydrogen (secondary N) is 2. The molecule has 0 saturated carbocycles. The third-order valence-electron chi connectivity index (χ3n) is 6.53. The molecule has 1 saturated heterocycles. The van der Waals surface area contributed by atoms with Crippen LogP contribution in [0.2, 0.25) is 0 Å². The molecule has 7 nitrogen and oxygen atoms in total. The van der Waals surface area contributed by atoms with Crippen LogP contribution in [0.1, 0.15) is 76.3 Å². The first-order valence-corrected chi connectivity index (χ1v) is 12.9. The van der Waals surface area contributed by atoms with E-state index >= 15 is 0 Å². The first-order chi connectivity index (χ1) is 17.3. The fraction of sp³-hybridized carbons (Fsp3) is 0.692. The van der Waals surface area contributed by atoms with E-state index in [-0.39, 0.29) is 30.9 Å². The second-order valence-corrected chi connectivity index (χ2v) is 9.29. The van der Waals surface area contributed by atoms with E-state index in [1.807, 2.05) is 0 Å². The van der Waals surface area contributed by atoms with Crippen LogP contribution in [0.4, 0.5) is 18.0 Å². The first kappa shape index (κ1) is 29.9. The molecular weight excluding hydrogens is 475 g/mol. The summed E-state index contributed by atoms with van der Waals surface area (Å²) in [4.78, 5) is 24.1. The van der Waals surface area contributed by atoms with Crippen LogP contribution in [0, 0.1) is 0 Å². The van der Waals surface area contributed by atoms with Gasteiger partial charge >= 0.3 is 12.2 Å². The van der Waals surface area contributed by atoms with Gasteiger partial charge in [0.1, 0.15) is 11.8 Å². The van der Waals surface area contributed by atoms with Crippen molar-refractivity contribution in [3.05, 3.63) is 29.8 Å². The second kappa shape index (κ2) is 15.7. The molecule has 36 heavy (non-hydrogen) atoms. The zero-order valence-corrected chi connectivity index (χ0v) is 21.3. The number of amides is 2. The van der Waals surface area contributed by atoms with E-state index in [1.54, 1.807) is 0 Å². The summed E-state index contributed by atoms with van der Waals surface area (Å²) in [6, 6.07) is 2.36. The largest absolute Gasteiger partial charge is 0.429 e. The minimum Gasteiger partial charge on any atom is -0.429 e. The van der Waals surface area contributed by atoms with Crippen LogP contribution in [0.5, 0.6) is 5.75 Å². The van der Waals surface area contributed by atoms with Crippen LogP contribution in [0.25, 0.3) is 0 Å². The lowest BCUT2D eigenvalue weighted by Gasteiger charge is -2.30. The molecule has 0 radical (unpaired) electrons. The summed E-state index contributed by atoms with van der Waals surface area (Å²) in [6.07, 6.45) is 5.49. The Morgan fingerprint density at radius 2 is 1.67 bits per heavy atom. The highest BCUT2D eigenvalue weighted by Gasteiger charge is 2.49. The summed E-state index contributed by atoms with van der Waals surface area (Å²) in [5, 5.41) is 5.59. The number of carbonyl (C=O) groups is 2. The molecule has 0 unspecified atom stereocenters. The lowest BCUT2D eigenvalue weighted by atomic mass is 10.0. The third-order valence-corrected chi connectivity index (χ3v) is 6.53. The van der Waals surface area contributed by atoms with Gasteiger partial charge in [-0.3, -0.25) is 9.69 Å². The number of nitrogens with zero attached hydrogens (tertiary/aromatic N) is 1. The number of carbonyl (C=O) groups excluding carboxylic acids is 2. The van der Waals surface area contributed by atoms with Crippen LogP contribution < -0.4 is 15.4 Å². The summed E-state index contributed by atoms with van der Waals surface area (Å²) in [5.41, 5.74) is 0.0195. The van der Waals surface area contributed by atoms with Crippen molar-refractivity contribution >= 4 is 12.5 Å². The van der Waals surface area contributed by atoms with Gasteiger partial charge in [-0.25, -0.2) is 4.79 Å². The Labute approximate surface area is 212 Å². The topological polar surface area (TPSA) is 79.9 Å². The van der Waals surface area contributed by atoms with Crippen LogP contribution in [-0.4, -0.2) is 62.5 Å². The van der Waals surface area contributed by atoms with E-state index in [0.717, 1.165) is 19.3 Å². The standard InChI is InChI=1S/C26H40F3N3O4/c1-3-4-5-6-7-8-9-10-11-16-30-25(34)31-22-17-32(18-23(22)35-2)24(26(27,28)29)20-12-14-21(15-13-20)36-19-33/h12-15,19,22-24H,3-11,16-18H2,1-2H3,(H2,30,31,34)/t22-,23-,24+/m0/s1. The molecule has 3 atom stereocenters. The van der Waals surface area contributed by atoms with E-state index in [2.05, 4.69) is 22.3 Å². The highest BCUT2D eigenvalue weighted by Crippen LogP contribution is 2.40. The van der Waals surface area contributed by atoms with Gasteiger partial charge in [0.2, 0.25) is 0 Å². The van der Waals surface area contributed by atoms with E-state index in [0.29, 0.717) is 6.54 Å². The monoisotopic (exact) mass is 515 g/mol. The number of halogens is 3. The number of alkyl halides is 3. The quantitative estimate of drug-likeness (QED) is 0.229. The normalized spacial score (nSPS) is 19.1. The number of likely N-dealkylation sites (tertiary alicyclic amines) is 1. The number of urea groups is 1. The van der Waals surface area contributed by atoms with Crippen LogP contribution >= 0.6 is 0 Å². The predicted molar refractivity (Wildman–Crippen MR) is 132 cm³/mol. The maximum atomic E-state index is 14.0. The highest BCUT2D eigenvalue weighted by molar-refractivity contribution is 5.74. The van der Waals surface area contributed by atoms with E-state index in [4.69, 9.17) is 4.74 Å². The summed E-state index contributed by atoms with van der Waals surface area (Å²) < 4.78 is 52.2. The number of unbranched alkanes of at least 4 members (excludes halogenated alkanes) is 8. The van der Waals surface area contributed by atoms with Crippen molar-refractivity contribution in [3.8, 4) is 5.75 Å². The molecule has 1 aliphatic heterocycles. The number of hydrogen-bond acceptors (Lipinski definition) is 5. The Morgan fingerprint density at radius 3 is 2.22 bits per heavy atom. The molecule has 2 amide bonds. The van der Waals surface area contributed by atoms with Crippen molar-refractivity contribution in [2.75, 3.05) is 26.7 Å².